The Hall–Kier alpha value is -2.16. The van der Waals surface area contributed by atoms with E-state index in [2.05, 4.69) is 9.99 Å². The molecule has 0 heterocycles. The Labute approximate surface area is 99.3 Å². The van der Waals surface area contributed by atoms with Crippen LogP contribution in [0, 0.1) is 5.82 Å². The van der Waals surface area contributed by atoms with Crippen LogP contribution in [-0.2, 0) is 4.84 Å². The molecule has 0 amide bonds. The lowest BCUT2D eigenvalue weighted by atomic mass is 10.0. The normalized spacial score (nSPS) is 10.7. The molecule has 0 unspecified atom stereocenters. The zero-order valence-corrected chi connectivity index (χ0v) is 9.43. The first-order chi connectivity index (χ1) is 8.31. The van der Waals surface area contributed by atoms with Crippen LogP contribution in [0.3, 0.4) is 0 Å². The van der Waals surface area contributed by atoms with Crippen LogP contribution in [0.4, 0.5) is 4.39 Å². The molecule has 0 aliphatic heterocycles. The molecule has 3 heteroatoms. The number of oxime groups is 1. The average molecular weight is 229 g/mol. The summed E-state index contributed by atoms with van der Waals surface area (Å²) in [5, 5.41) is 3.54. The van der Waals surface area contributed by atoms with Gasteiger partial charge in [-0.2, -0.15) is 0 Å². The summed E-state index contributed by atoms with van der Waals surface area (Å²) >= 11 is 0. The molecule has 0 fully saturated rings. The Balaban J connectivity index is 2.34. The van der Waals surface area contributed by atoms with Gasteiger partial charge in [-0.3, -0.25) is 0 Å². The van der Waals surface area contributed by atoms with Gasteiger partial charge >= 0.3 is 0 Å². The van der Waals surface area contributed by atoms with E-state index in [1.165, 1.54) is 19.4 Å². The highest BCUT2D eigenvalue weighted by Crippen LogP contribution is 2.20. The molecule has 0 aliphatic carbocycles. The molecule has 2 nitrogen and oxygen atoms in total. The van der Waals surface area contributed by atoms with E-state index in [0.29, 0.717) is 5.56 Å². The molecular weight excluding hydrogens is 217 g/mol. The summed E-state index contributed by atoms with van der Waals surface area (Å²) in [5.41, 5.74) is 2.24. The minimum absolute atomic E-state index is 0.313. The quantitative estimate of drug-likeness (QED) is 0.583. The van der Waals surface area contributed by atoms with Crippen molar-refractivity contribution < 1.29 is 9.23 Å². The third kappa shape index (κ3) is 2.69. The number of rotatable bonds is 3. The first-order valence-corrected chi connectivity index (χ1v) is 5.23. The maximum absolute atomic E-state index is 13.7. The van der Waals surface area contributed by atoms with E-state index in [-0.39, 0.29) is 5.82 Å². The monoisotopic (exact) mass is 229 g/mol. The summed E-state index contributed by atoms with van der Waals surface area (Å²) in [6.07, 6.45) is 1.35. The maximum atomic E-state index is 13.7. The van der Waals surface area contributed by atoms with Crippen molar-refractivity contribution in [2.45, 2.75) is 0 Å². The molecule has 0 bridgehead atoms. The van der Waals surface area contributed by atoms with Gasteiger partial charge in [0.2, 0.25) is 0 Å². The minimum atomic E-state index is -0.313. The molecule has 2 rings (SSSR count). The highest BCUT2D eigenvalue weighted by Gasteiger charge is 2.03. The molecule has 2 aromatic carbocycles. The third-order valence-electron chi connectivity index (χ3n) is 2.40. The smallest absolute Gasteiger partial charge is 0.132 e. The van der Waals surface area contributed by atoms with E-state index in [9.17, 15) is 4.39 Å². The van der Waals surface area contributed by atoms with Crippen molar-refractivity contribution in [3.8, 4) is 11.1 Å². The van der Waals surface area contributed by atoms with Gasteiger partial charge in [-0.05, 0) is 23.3 Å². The van der Waals surface area contributed by atoms with E-state index in [4.69, 9.17) is 0 Å². The zero-order chi connectivity index (χ0) is 12.1. The first kappa shape index (κ1) is 11.3. The number of benzene rings is 2. The van der Waals surface area contributed by atoms with Gasteiger partial charge in [-0.1, -0.05) is 41.6 Å². The molecular formula is C14H12FNO. The van der Waals surface area contributed by atoms with Crippen molar-refractivity contribution in [1.29, 1.82) is 0 Å². The van der Waals surface area contributed by atoms with E-state index >= 15 is 0 Å². The Morgan fingerprint density at radius 1 is 1.06 bits per heavy atom. The SMILES string of the molecule is CO/N=C/c1ccc(-c2ccccc2)cc1F. The van der Waals surface area contributed by atoms with Crippen molar-refractivity contribution in [3.63, 3.8) is 0 Å². The van der Waals surface area contributed by atoms with Gasteiger partial charge in [-0.15, -0.1) is 0 Å². The lowest BCUT2D eigenvalue weighted by Gasteiger charge is -2.03. The van der Waals surface area contributed by atoms with E-state index in [1.54, 1.807) is 6.07 Å². The molecule has 86 valence electrons. The Bertz CT molecular complexity index is 523. The number of halogens is 1. The lowest BCUT2D eigenvalue weighted by molar-refractivity contribution is 0.215. The van der Waals surface area contributed by atoms with Gasteiger partial charge in [0.1, 0.15) is 12.9 Å². The predicted molar refractivity (Wildman–Crippen MR) is 66.4 cm³/mol. The van der Waals surface area contributed by atoms with Crippen molar-refractivity contribution in [2.75, 3.05) is 7.11 Å². The van der Waals surface area contributed by atoms with E-state index in [1.807, 2.05) is 36.4 Å². The third-order valence-corrected chi connectivity index (χ3v) is 2.40. The summed E-state index contributed by atoms with van der Waals surface area (Å²) in [7, 11) is 1.42. The second-order valence-corrected chi connectivity index (χ2v) is 3.52. The van der Waals surface area contributed by atoms with Crippen LogP contribution in [0.15, 0.2) is 53.7 Å². The summed E-state index contributed by atoms with van der Waals surface area (Å²) in [5.74, 6) is -0.313. The number of hydrogen-bond acceptors (Lipinski definition) is 2. The summed E-state index contributed by atoms with van der Waals surface area (Å²) in [4.78, 5) is 4.52. The molecule has 0 saturated heterocycles. The van der Waals surface area contributed by atoms with Crippen molar-refractivity contribution >= 4 is 6.21 Å². The molecule has 0 atom stereocenters. The minimum Gasteiger partial charge on any atom is -0.399 e. The van der Waals surface area contributed by atoms with Crippen LogP contribution >= 0.6 is 0 Å². The van der Waals surface area contributed by atoms with Gasteiger partial charge < -0.3 is 4.84 Å². The van der Waals surface area contributed by atoms with Crippen molar-refractivity contribution in [3.05, 3.63) is 59.9 Å². The average Bonchev–Trinajstić information content (AvgIpc) is 2.38. The Kier molecular flexibility index (Phi) is 3.50. The molecule has 0 radical (unpaired) electrons. The van der Waals surface area contributed by atoms with Crippen LogP contribution in [0.2, 0.25) is 0 Å². The van der Waals surface area contributed by atoms with Crippen molar-refractivity contribution in [1.82, 2.24) is 0 Å². The molecule has 0 spiro atoms. The molecule has 0 aromatic heterocycles. The molecule has 2 aromatic rings. The fourth-order valence-electron chi connectivity index (χ4n) is 1.55. The Morgan fingerprint density at radius 2 is 1.82 bits per heavy atom. The standard InChI is InChI=1S/C14H12FNO/c1-17-16-10-13-8-7-12(9-14(13)15)11-5-3-2-4-6-11/h2-10H,1H3/b16-10+. The second-order valence-electron chi connectivity index (χ2n) is 3.52. The van der Waals surface area contributed by atoms with Crippen molar-refractivity contribution in [2.24, 2.45) is 5.16 Å². The summed E-state index contributed by atoms with van der Waals surface area (Å²) in [6, 6.07) is 14.7. The first-order valence-electron chi connectivity index (χ1n) is 5.23. The van der Waals surface area contributed by atoms with E-state index in [0.717, 1.165) is 11.1 Å². The maximum Gasteiger partial charge on any atom is 0.132 e. The van der Waals surface area contributed by atoms with Gasteiger partial charge in [0.15, 0.2) is 0 Å². The van der Waals surface area contributed by atoms with Crippen LogP contribution in [-0.4, -0.2) is 13.3 Å². The van der Waals surface area contributed by atoms with Gasteiger partial charge in [0, 0.05) is 5.56 Å². The van der Waals surface area contributed by atoms with Gasteiger partial charge in [0.25, 0.3) is 0 Å². The van der Waals surface area contributed by atoms with Crippen LogP contribution in [0.25, 0.3) is 11.1 Å². The van der Waals surface area contributed by atoms with Gasteiger partial charge in [0.05, 0.1) is 6.21 Å². The fraction of sp³-hybridized carbons (Fsp3) is 0.0714. The highest BCUT2D eigenvalue weighted by molar-refractivity contribution is 5.81. The molecule has 0 saturated carbocycles. The zero-order valence-electron chi connectivity index (χ0n) is 9.43. The Morgan fingerprint density at radius 3 is 2.47 bits per heavy atom. The van der Waals surface area contributed by atoms with Crippen LogP contribution in [0.1, 0.15) is 5.56 Å². The lowest BCUT2D eigenvalue weighted by Crippen LogP contribution is -1.89. The molecule has 17 heavy (non-hydrogen) atoms. The topological polar surface area (TPSA) is 21.6 Å². The summed E-state index contributed by atoms with van der Waals surface area (Å²) < 4.78 is 13.7. The van der Waals surface area contributed by atoms with Gasteiger partial charge in [-0.25, -0.2) is 4.39 Å². The fourth-order valence-corrected chi connectivity index (χ4v) is 1.55. The number of hydrogen-bond donors (Lipinski definition) is 0. The summed E-state index contributed by atoms with van der Waals surface area (Å²) in [6.45, 7) is 0. The highest BCUT2D eigenvalue weighted by atomic mass is 19.1. The van der Waals surface area contributed by atoms with E-state index < -0.39 is 0 Å². The number of nitrogens with zero attached hydrogens (tertiary/aromatic N) is 1. The molecule has 0 N–H and O–H groups in total. The van der Waals surface area contributed by atoms with Crippen LogP contribution in [0.5, 0.6) is 0 Å². The largest absolute Gasteiger partial charge is 0.399 e. The predicted octanol–water partition coefficient (Wildman–Crippen LogP) is 3.47. The second kappa shape index (κ2) is 5.25. The van der Waals surface area contributed by atoms with Crippen LogP contribution < -0.4 is 0 Å². The molecule has 0 aliphatic rings.